The van der Waals surface area contributed by atoms with Crippen LogP contribution in [-0.2, 0) is 0 Å². The van der Waals surface area contributed by atoms with Crippen LogP contribution in [-0.4, -0.2) is 15.0 Å². The Kier molecular flexibility index (Phi) is 4.29. The maximum atomic E-state index is 6.20. The van der Waals surface area contributed by atoms with E-state index in [1.807, 2.05) is 72.8 Å². The number of nitrogens with zero attached hydrogens (tertiary/aromatic N) is 3. The Morgan fingerprint density at radius 3 is 1.81 bits per heavy atom. The number of fused-ring (bicyclic) bond motifs is 3. The lowest BCUT2D eigenvalue weighted by Gasteiger charge is -2.09. The molecular formula is C28H19N3O. The zero-order valence-corrected chi connectivity index (χ0v) is 17.5. The summed E-state index contributed by atoms with van der Waals surface area (Å²) in [6.45, 7) is 2.06. The van der Waals surface area contributed by atoms with Crippen LogP contribution in [0.1, 0.15) is 5.56 Å². The van der Waals surface area contributed by atoms with Crippen LogP contribution in [0.2, 0.25) is 0 Å². The van der Waals surface area contributed by atoms with Crippen LogP contribution < -0.4 is 0 Å². The molecule has 0 saturated heterocycles. The van der Waals surface area contributed by atoms with Crippen molar-refractivity contribution >= 4 is 21.9 Å². The van der Waals surface area contributed by atoms with Crippen LogP contribution in [0.15, 0.2) is 101 Å². The molecule has 0 fully saturated rings. The standard InChI is InChI=1S/C28H19N3O/c1-18-10-8-15-21-24-22(16-9-17-23(24)32-25(18)21)28-30-26(19-11-4-2-5-12-19)29-27(31-28)20-13-6-3-7-14-20/h2-17H,1H3. The molecule has 0 atom stereocenters. The van der Waals surface area contributed by atoms with E-state index in [0.29, 0.717) is 17.5 Å². The SMILES string of the molecule is Cc1cccc2c1oc1cccc(-c3nc(-c4ccccc4)nc(-c4ccccc4)n3)c12. The Morgan fingerprint density at radius 2 is 1.16 bits per heavy atom. The second kappa shape index (κ2) is 7.43. The van der Waals surface area contributed by atoms with Gasteiger partial charge in [-0.15, -0.1) is 0 Å². The number of rotatable bonds is 3. The third-order valence-corrected chi connectivity index (χ3v) is 5.66. The minimum atomic E-state index is 0.632. The number of aryl methyl sites for hydroxylation is 1. The molecular weight excluding hydrogens is 394 g/mol. The van der Waals surface area contributed by atoms with Gasteiger partial charge in [-0.05, 0) is 18.6 Å². The molecule has 0 bridgehead atoms. The van der Waals surface area contributed by atoms with Crippen LogP contribution in [0, 0.1) is 6.92 Å². The molecule has 0 aliphatic heterocycles. The van der Waals surface area contributed by atoms with Crippen LogP contribution in [0.3, 0.4) is 0 Å². The molecule has 4 nitrogen and oxygen atoms in total. The lowest BCUT2D eigenvalue weighted by atomic mass is 10.0. The Balaban J connectivity index is 1.66. The average molecular weight is 413 g/mol. The number of para-hydroxylation sites is 1. The summed E-state index contributed by atoms with van der Waals surface area (Å²) in [6, 6.07) is 32.3. The van der Waals surface area contributed by atoms with E-state index in [2.05, 4.69) is 31.2 Å². The summed E-state index contributed by atoms with van der Waals surface area (Å²) in [5, 5.41) is 2.09. The van der Waals surface area contributed by atoms with Crippen LogP contribution in [0.25, 0.3) is 56.1 Å². The summed E-state index contributed by atoms with van der Waals surface area (Å²) in [4.78, 5) is 14.6. The molecule has 32 heavy (non-hydrogen) atoms. The molecule has 4 heteroatoms. The van der Waals surface area contributed by atoms with E-state index in [4.69, 9.17) is 19.4 Å². The fourth-order valence-electron chi connectivity index (χ4n) is 4.10. The third kappa shape index (κ3) is 3.05. The highest BCUT2D eigenvalue weighted by Gasteiger charge is 2.18. The number of hydrogen-bond donors (Lipinski definition) is 0. The zero-order chi connectivity index (χ0) is 21.5. The van der Waals surface area contributed by atoms with Crippen molar-refractivity contribution in [1.29, 1.82) is 0 Å². The average Bonchev–Trinajstić information content (AvgIpc) is 3.25. The van der Waals surface area contributed by atoms with Crippen molar-refractivity contribution in [2.45, 2.75) is 6.92 Å². The van der Waals surface area contributed by atoms with Gasteiger partial charge < -0.3 is 4.42 Å². The fourth-order valence-corrected chi connectivity index (χ4v) is 4.10. The Labute approximate surface area is 185 Å². The van der Waals surface area contributed by atoms with Crippen molar-refractivity contribution < 1.29 is 4.42 Å². The summed E-state index contributed by atoms with van der Waals surface area (Å²) >= 11 is 0. The van der Waals surface area contributed by atoms with Crippen molar-refractivity contribution in [1.82, 2.24) is 15.0 Å². The maximum Gasteiger partial charge on any atom is 0.164 e. The van der Waals surface area contributed by atoms with Crippen LogP contribution in [0.5, 0.6) is 0 Å². The van der Waals surface area contributed by atoms with Gasteiger partial charge in [0.2, 0.25) is 0 Å². The molecule has 2 aromatic heterocycles. The van der Waals surface area contributed by atoms with Crippen molar-refractivity contribution in [3.8, 4) is 34.2 Å². The summed E-state index contributed by atoms with van der Waals surface area (Å²) < 4.78 is 6.20. The van der Waals surface area contributed by atoms with E-state index in [1.165, 1.54) is 0 Å². The quantitative estimate of drug-likeness (QED) is 0.311. The highest BCUT2D eigenvalue weighted by Crippen LogP contribution is 2.37. The molecule has 0 aliphatic rings. The van der Waals surface area contributed by atoms with E-state index < -0.39 is 0 Å². The molecule has 0 amide bonds. The molecule has 0 saturated carbocycles. The van der Waals surface area contributed by atoms with Gasteiger partial charge >= 0.3 is 0 Å². The molecule has 6 aromatic rings. The van der Waals surface area contributed by atoms with Gasteiger partial charge in [0.25, 0.3) is 0 Å². The summed E-state index contributed by atoms with van der Waals surface area (Å²) in [5.41, 5.74) is 5.67. The van der Waals surface area contributed by atoms with E-state index in [9.17, 15) is 0 Å². The van der Waals surface area contributed by atoms with Gasteiger partial charge in [-0.25, -0.2) is 15.0 Å². The molecule has 4 aromatic carbocycles. The maximum absolute atomic E-state index is 6.20. The molecule has 152 valence electrons. The Hall–Kier alpha value is -4.31. The van der Waals surface area contributed by atoms with Gasteiger partial charge in [-0.1, -0.05) is 91.0 Å². The Morgan fingerprint density at radius 1 is 0.562 bits per heavy atom. The third-order valence-electron chi connectivity index (χ3n) is 5.66. The number of benzene rings is 4. The van der Waals surface area contributed by atoms with Crippen LogP contribution >= 0.6 is 0 Å². The van der Waals surface area contributed by atoms with E-state index in [0.717, 1.165) is 44.2 Å². The Bertz CT molecular complexity index is 1510. The normalized spacial score (nSPS) is 11.3. The first-order valence-corrected chi connectivity index (χ1v) is 10.6. The van der Waals surface area contributed by atoms with Gasteiger partial charge in [-0.3, -0.25) is 0 Å². The summed E-state index contributed by atoms with van der Waals surface area (Å²) in [5.74, 6) is 1.93. The minimum absolute atomic E-state index is 0.632. The van der Waals surface area contributed by atoms with E-state index in [-0.39, 0.29) is 0 Å². The van der Waals surface area contributed by atoms with Gasteiger partial charge in [0.15, 0.2) is 17.5 Å². The lowest BCUT2D eigenvalue weighted by molar-refractivity contribution is 0.666. The summed E-state index contributed by atoms with van der Waals surface area (Å²) in [6.07, 6.45) is 0. The molecule has 0 radical (unpaired) electrons. The van der Waals surface area contributed by atoms with Gasteiger partial charge in [-0.2, -0.15) is 0 Å². The lowest BCUT2D eigenvalue weighted by Crippen LogP contribution is -2.00. The first-order valence-electron chi connectivity index (χ1n) is 10.6. The summed E-state index contributed by atoms with van der Waals surface area (Å²) in [7, 11) is 0. The predicted octanol–water partition coefficient (Wildman–Crippen LogP) is 7.08. The van der Waals surface area contributed by atoms with E-state index >= 15 is 0 Å². The molecule has 0 N–H and O–H groups in total. The van der Waals surface area contributed by atoms with Crippen molar-refractivity contribution in [2.24, 2.45) is 0 Å². The number of aromatic nitrogens is 3. The fraction of sp³-hybridized carbons (Fsp3) is 0.0357. The van der Waals surface area contributed by atoms with Gasteiger partial charge in [0, 0.05) is 27.5 Å². The van der Waals surface area contributed by atoms with Gasteiger partial charge in [0.05, 0.1) is 0 Å². The second-order valence-corrected chi connectivity index (χ2v) is 7.77. The van der Waals surface area contributed by atoms with Gasteiger partial charge in [0.1, 0.15) is 11.2 Å². The second-order valence-electron chi connectivity index (χ2n) is 7.77. The highest BCUT2D eigenvalue weighted by molar-refractivity contribution is 6.12. The molecule has 0 aliphatic carbocycles. The smallest absolute Gasteiger partial charge is 0.164 e. The molecule has 2 heterocycles. The van der Waals surface area contributed by atoms with Crippen molar-refractivity contribution in [2.75, 3.05) is 0 Å². The van der Waals surface area contributed by atoms with Crippen molar-refractivity contribution in [3.63, 3.8) is 0 Å². The largest absolute Gasteiger partial charge is 0.456 e. The van der Waals surface area contributed by atoms with Crippen molar-refractivity contribution in [3.05, 3.63) is 103 Å². The predicted molar refractivity (Wildman–Crippen MR) is 128 cm³/mol. The molecule has 0 spiro atoms. The minimum Gasteiger partial charge on any atom is -0.456 e. The first kappa shape index (κ1) is 18.5. The first-order chi connectivity index (χ1) is 15.8. The highest BCUT2D eigenvalue weighted by atomic mass is 16.3. The monoisotopic (exact) mass is 413 g/mol. The zero-order valence-electron chi connectivity index (χ0n) is 17.5. The topological polar surface area (TPSA) is 51.8 Å². The number of furan rings is 1. The van der Waals surface area contributed by atoms with E-state index in [1.54, 1.807) is 0 Å². The molecule has 6 rings (SSSR count). The van der Waals surface area contributed by atoms with Crippen LogP contribution in [0.4, 0.5) is 0 Å². The molecule has 0 unspecified atom stereocenters. The number of hydrogen-bond acceptors (Lipinski definition) is 4.